The third-order valence-corrected chi connectivity index (χ3v) is 2.87. The molecule has 19 heavy (non-hydrogen) atoms. The summed E-state index contributed by atoms with van der Waals surface area (Å²) in [4.78, 5) is 8.44. The van der Waals surface area contributed by atoms with Crippen molar-refractivity contribution < 1.29 is 13.2 Å². The van der Waals surface area contributed by atoms with Crippen LogP contribution in [0.1, 0.15) is 12.7 Å². The third-order valence-electron chi connectivity index (χ3n) is 2.10. The molecule has 0 saturated heterocycles. The molecule has 0 aliphatic rings. The van der Waals surface area contributed by atoms with Crippen LogP contribution in [0, 0.1) is 0 Å². The van der Waals surface area contributed by atoms with Crippen molar-refractivity contribution in [1.29, 1.82) is 0 Å². The topological polar surface area (TPSA) is 119 Å². The van der Waals surface area contributed by atoms with E-state index < -0.39 is 10.0 Å². The predicted molar refractivity (Wildman–Crippen MR) is 73.4 cm³/mol. The van der Waals surface area contributed by atoms with Crippen LogP contribution in [-0.2, 0) is 21.4 Å². The summed E-state index contributed by atoms with van der Waals surface area (Å²) in [7, 11) is -1.93. The van der Waals surface area contributed by atoms with Crippen LogP contribution in [0.2, 0.25) is 0 Å². The minimum atomic E-state index is -3.48. The van der Waals surface area contributed by atoms with Crippen LogP contribution in [0.15, 0.2) is 6.07 Å². The monoisotopic (exact) mass is 289 g/mol. The first-order valence-corrected chi connectivity index (χ1v) is 7.51. The van der Waals surface area contributed by atoms with E-state index in [1.165, 1.54) is 0 Å². The van der Waals surface area contributed by atoms with Gasteiger partial charge in [-0.2, -0.15) is 0 Å². The van der Waals surface area contributed by atoms with Gasteiger partial charge in [-0.1, -0.05) is 0 Å². The highest BCUT2D eigenvalue weighted by Gasteiger charge is 2.06. The van der Waals surface area contributed by atoms with E-state index in [9.17, 15) is 8.42 Å². The molecule has 0 aromatic carbocycles. The lowest BCUT2D eigenvalue weighted by atomic mass is 10.4. The summed E-state index contributed by atoms with van der Waals surface area (Å²) in [5.74, 6) is 1.54. The Kier molecular flexibility index (Phi) is 5.93. The zero-order valence-corrected chi connectivity index (χ0v) is 11.8. The number of hydrogen-bond donors (Lipinski definition) is 3. The average molecular weight is 289 g/mol. The number of nitrogens with zero attached hydrogens (tertiary/aromatic N) is 2. The molecule has 0 radical (unpaired) electrons. The number of aromatic nitrogens is 2. The van der Waals surface area contributed by atoms with Crippen LogP contribution in [-0.4, -0.2) is 44.3 Å². The molecule has 0 spiro atoms. The zero-order valence-electron chi connectivity index (χ0n) is 11.0. The number of rotatable bonds is 8. The fraction of sp³-hybridized carbons (Fsp3) is 0.600. The van der Waals surface area contributed by atoms with E-state index in [1.807, 2.05) is 6.92 Å². The Bertz CT molecular complexity index is 482. The lowest BCUT2D eigenvalue weighted by molar-refractivity contribution is 0.178. The van der Waals surface area contributed by atoms with Crippen molar-refractivity contribution in [3.05, 3.63) is 11.9 Å². The highest BCUT2D eigenvalue weighted by Crippen LogP contribution is 2.11. The van der Waals surface area contributed by atoms with Gasteiger partial charge in [-0.25, -0.2) is 23.5 Å². The molecule has 4 N–H and O–H groups in total. The van der Waals surface area contributed by atoms with E-state index in [0.717, 1.165) is 6.54 Å². The maximum absolute atomic E-state index is 10.8. The van der Waals surface area contributed by atoms with E-state index in [0.29, 0.717) is 17.5 Å². The number of primary sulfonamides is 1. The van der Waals surface area contributed by atoms with Gasteiger partial charge in [0.2, 0.25) is 10.0 Å². The van der Waals surface area contributed by atoms with Gasteiger partial charge in [-0.15, -0.1) is 0 Å². The molecule has 0 amide bonds. The number of methoxy groups -OCH3 is 1. The molecule has 9 heteroatoms. The maximum atomic E-state index is 10.8. The SMILES string of the molecule is CCNc1cc(NCCS(N)(=O)=O)nc(COC)n1. The van der Waals surface area contributed by atoms with Crippen molar-refractivity contribution in [3.8, 4) is 0 Å². The molecule has 0 bridgehead atoms. The van der Waals surface area contributed by atoms with Crippen LogP contribution in [0.4, 0.5) is 11.6 Å². The van der Waals surface area contributed by atoms with Crippen molar-refractivity contribution in [3.63, 3.8) is 0 Å². The van der Waals surface area contributed by atoms with Gasteiger partial charge in [-0.05, 0) is 6.92 Å². The molecule has 1 aromatic heterocycles. The van der Waals surface area contributed by atoms with Gasteiger partial charge in [0.1, 0.15) is 18.2 Å². The summed E-state index contributed by atoms with van der Waals surface area (Å²) < 4.78 is 26.6. The van der Waals surface area contributed by atoms with E-state index >= 15 is 0 Å². The molecule has 0 aliphatic heterocycles. The van der Waals surface area contributed by atoms with Crippen molar-refractivity contribution in [2.45, 2.75) is 13.5 Å². The van der Waals surface area contributed by atoms with Crippen LogP contribution in [0.3, 0.4) is 0 Å². The Morgan fingerprint density at radius 1 is 1.32 bits per heavy atom. The highest BCUT2D eigenvalue weighted by atomic mass is 32.2. The molecule has 1 aromatic rings. The molecule has 0 atom stereocenters. The molecule has 1 heterocycles. The second-order valence-corrected chi connectivity index (χ2v) is 5.55. The summed E-state index contributed by atoms with van der Waals surface area (Å²) in [5.41, 5.74) is 0. The summed E-state index contributed by atoms with van der Waals surface area (Å²) in [6.45, 7) is 3.14. The van der Waals surface area contributed by atoms with Gasteiger partial charge in [0, 0.05) is 26.3 Å². The van der Waals surface area contributed by atoms with E-state index in [4.69, 9.17) is 9.88 Å². The Morgan fingerprint density at radius 2 is 1.95 bits per heavy atom. The first-order valence-electron chi connectivity index (χ1n) is 5.79. The van der Waals surface area contributed by atoms with Crippen LogP contribution >= 0.6 is 0 Å². The number of sulfonamides is 1. The van der Waals surface area contributed by atoms with Crippen LogP contribution in [0.25, 0.3) is 0 Å². The highest BCUT2D eigenvalue weighted by molar-refractivity contribution is 7.89. The molecule has 0 fully saturated rings. The Morgan fingerprint density at radius 3 is 2.47 bits per heavy atom. The second kappa shape index (κ2) is 7.22. The lowest BCUT2D eigenvalue weighted by Crippen LogP contribution is -2.22. The molecule has 0 unspecified atom stereocenters. The molecular formula is C10H19N5O3S. The second-order valence-electron chi connectivity index (χ2n) is 3.81. The maximum Gasteiger partial charge on any atom is 0.210 e. The molecule has 0 aliphatic carbocycles. The van der Waals surface area contributed by atoms with E-state index in [-0.39, 0.29) is 18.9 Å². The molecular weight excluding hydrogens is 270 g/mol. The minimum Gasteiger partial charge on any atom is -0.377 e. The van der Waals surface area contributed by atoms with Crippen molar-refractivity contribution >= 4 is 21.7 Å². The van der Waals surface area contributed by atoms with Crippen molar-refractivity contribution in [2.75, 3.05) is 36.6 Å². The zero-order chi connectivity index (χ0) is 14.3. The summed E-state index contributed by atoms with van der Waals surface area (Å²) in [6.07, 6.45) is 0. The van der Waals surface area contributed by atoms with Crippen molar-refractivity contribution in [1.82, 2.24) is 9.97 Å². The summed E-state index contributed by atoms with van der Waals surface area (Å²) in [6, 6.07) is 1.70. The Balaban J connectivity index is 2.74. The quantitative estimate of drug-likeness (QED) is 0.604. The number of anilines is 2. The third kappa shape index (κ3) is 6.32. The Hall–Kier alpha value is -1.45. The van der Waals surface area contributed by atoms with Gasteiger partial charge in [0.25, 0.3) is 0 Å². The summed E-state index contributed by atoms with van der Waals surface area (Å²) in [5, 5.41) is 10.9. The molecule has 0 saturated carbocycles. The van der Waals surface area contributed by atoms with Gasteiger partial charge >= 0.3 is 0 Å². The Labute approximate surface area is 112 Å². The van der Waals surface area contributed by atoms with Crippen LogP contribution in [0.5, 0.6) is 0 Å². The molecule has 8 nitrogen and oxygen atoms in total. The van der Waals surface area contributed by atoms with E-state index in [2.05, 4.69) is 20.6 Å². The fourth-order valence-corrected chi connectivity index (χ4v) is 1.76. The van der Waals surface area contributed by atoms with Crippen molar-refractivity contribution in [2.24, 2.45) is 5.14 Å². The lowest BCUT2D eigenvalue weighted by Gasteiger charge is -2.10. The van der Waals surface area contributed by atoms with Gasteiger partial charge in [-0.3, -0.25) is 0 Å². The minimum absolute atomic E-state index is 0.160. The van der Waals surface area contributed by atoms with E-state index in [1.54, 1.807) is 13.2 Å². The number of hydrogen-bond acceptors (Lipinski definition) is 7. The number of nitrogens with two attached hydrogens (primary N) is 1. The van der Waals surface area contributed by atoms with Gasteiger partial charge < -0.3 is 15.4 Å². The fourth-order valence-electron chi connectivity index (χ4n) is 1.37. The van der Waals surface area contributed by atoms with Gasteiger partial charge in [0.15, 0.2) is 5.82 Å². The predicted octanol–water partition coefficient (Wildman–Crippen LogP) is -0.245. The molecule has 1 rings (SSSR count). The normalized spacial score (nSPS) is 11.3. The smallest absolute Gasteiger partial charge is 0.210 e. The van der Waals surface area contributed by atoms with Gasteiger partial charge in [0.05, 0.1) is 5.75 Å². The first-order chi connectivity index (χ1) is 8.94. The average Bonchev–Trinajstić information content (AvgIpc) is 2.28. The van der Waals surface area contributed by atoms with Crippen LogP contribution < -0.4 is 15.8 Å². The number of ether oxygens (including phenoxy) is 1. The summed E-state index contributed by atoms with van der Waals surface area (Å²) >= 11 is 0. The largest absolute Gasteiger partial charge is 0.377 e. The first kappa shape index (κ1) is 15.6. The number of nitrogens with one attached hydrogen (secondary N) is 2. The standard InChI is InChI=1S/C10H19N5O3S/c1-3-12-8-6-9(13-4-5-19(11,16)17)15-10(14-8)7-18-2/h6H,3-5,7H2,1-2H3,(H2,11,16,17)(H2,12,13,14,15). The molecule has 108 valence electrons.